The van der Waals surface area contributed by atoms with Crippen LogP contribution in [0.4, 0.5) is 0 Å². The number of carbonyl (C=O) groups excluding carboxylic acids is 2. The zero-order chi connectivity index (χ0) is 22.5. The molecule has 2 amide bonds. The highest BCUT2D eigenvalue weighted by Gasteiger charge is 2.26. The van der Waals surface area contributed by atoms with Crippen molar-refractivity contribution in [3.63, 3.8) is 0 Å². The Balaban J connectivity index is 2.48. The summed E-state index contributed by atoms with van der Waals surface area (Å²) in [5.41, 5.74) is 0.870. The Morgan fingerprint density at radius 2 is 1.60 bits per heavy atom. The van der Waals surface area contributed by atoms with Crippen molar-refractivity contribution >= 4 is 17.8 Å². The maximum absolute atomic E-state index is 12.7. The van der Waals surface area contributed by atoms with Gasteiger partial charge in [0.05, 0.1) is 18.2 Å². The van der Waals surface area contributed by atoms with Crippen LogP contribution in [0, 0.1) is 5.41 Å². The number of aromatic carboxylic acids is 1. The van der Waals surface area contributed by atoms with Crippen LogP contribution in [0.25, 0.3) is 11.1 Å². The van der Waals surface area contributed by atoms with Crippen molar-refractivity contribution < 1.29 is 24.6 Å². The van der Waals surface area contributed by atoms with E-state index >= 15 is 0 Å². The molecule has 0 aliphatic heterocycles. The van der Waals surface area contributed by atoms with Crippen molar-refractivity contribution in [2.24, 2.45) is 5.41 Å². The Bertz CT molecular complexity index is 947. The number of carbonyl (C=O) groups is 3. The molecule has 0 bridgehead atoms. The molecule has 0 heterocycles. The Labute approximate surface area is 176 Å². The molecule has 0 radical (unpaired) electrons. The maximum atomic E-state index is 12.7. The quantitative estimate of drug-likeness (QED) is 0.558. The summed E-state index contributed by atoms with van der Waals surface area (Å²) in [6.45, 7) is 7.67. The van der Waals surface area contributed by atoms with E-state index in [0.29, 0.717) is 23.2 Å². The van der Waals surface area contributed by atoms with Crippen molar-refractivity contribution in [1.82, 2.24) is 10.6 Å². The molecule has 2 aromatic rings. The predicted octanol–water partition coefficient (Wildman–Crippen LogP) is 2.94. The number of hydrogen-bond acceptors (Lipinski definition) is 4. The topological polar surface area (TPSA) is 116 Å². The molecule has 30 heavy (non-hydrogen) atoms. The summed E-state index contributed by atoms with van der Waals surface area (Å²) in [5.74, 6) is -1.99. The van der Waals surface area contributed by atoms with Gasteiger partial charge < -0.3 is 20.8 Å². The summed E-state index contributed by atoms with van der Waals surface area (Å²) in [6.07, 6.45) is 0. The van der Waals surface area contributed by atoms with Gasteiger partial charge in [0.25, 0.3) is 11.8 Å². The van der Waals surface area contributed by atoms with E-state index in [0.717, 1.165) is 0 Å². The van der Waals surface area contributed by atoms with Crippen LogP contribution in [0.2, 0.25) is 0 Å². The van der Waals surface area contributed by atoms with Crippen LogP contribution in [0.5, 0.6) is 0 Å². The average molecular weight is 412 g/mol. The number of aliphatic hydroxyl groups excluding tert-OH is 1. The number of nitrogens with one attached hydrogen (secondary N) is 2. The lowest BCUT2D eigenvalue weighted by Gasteiger charge is -2.29. The summed E-state index contributed by atoms with van der Waals surface area (Å²) in [5, 5.41) is 24.8. The Hall–Kier alpha value is -3.19. The summed E-state index contributed by atoms with van der Waals surface area (Å²) in [4.78, 5) is 37.0. The van der Waals surface area contributed by atoms with Gasteiger partial charge in [-0.2, -0.15) is 0 Å². The lowest BCUT2D eigenvalue weighted by Crippen LogP contribution is -2.46. The Morgan fingerprint density at radius 1 is 0.967 bits per heavy atom. The van der Waals surface area contributed by atoms with Crippen LogP contribution < -0.4 is 10.6 Å². The van der Waals surface area contributed by atoms with Gasteiger partial charge in [-0.25, -0.2) is 4.79 Å². The fourth-order valence-corrected chi connectivity index (χ4v) is 3.05. The molecular formula is C23H28N2O5. The number of hydrogen-bond donors (Lipinski definition) is 4. The average Bonchev–Trinajstić information content (AvgIpc) is 2.70. The SMILES string of the molecule is CCNC(=O)c1ccccc1-c1ccc(C(=O)N[C@H](CO)C(C)(C)C)cc1C(=O)O. The molecule has 7 heteroatoms. The molecule has 4 N–H and O–H groups in total. The fourth-order valence-electron chi connectivity index (χ4n) is 3.05. The van der Waals surface area contributed by atoms with Gasteiger partial charge in [0, 0.05) is 17.7 Å². The van der Waals surface area contributed by atoms with Crippen molar-refractivity contribution in [2.75, 3.05) is 13.2 Å². The van der Waals surface area contributed by atoms with Gasteiger partial charge in [0.2, 0.25) is 0 Å². The van der Waals surface area contributed by atoms with Crippen molar-refractivity contribution in [3.05, 3.63) is 59.2 Å². The molecule has 160 valence electrons. The second kappa shape index (κ2) is 9.54. The molecule has 7 nitrogen and oxygen atoms in total. The monoisotopic (exact) mass is 412 g/mol. The standard InChI is InChI=1S/C23H28N2O5/c1-5-24-21(28)17-9-7-6-8-15(17)16-11-10-14(12-18(16)22(29)30)20(27)25-19(13-26)23(2,3)4/h6-12,19,26H,5,13H2,1-4H3,(H,24,28)(H,25,27)(H,29,30)/t19-/m1/s1. The van der Waals surface area contributed by atoms with E-state index in [-0.39, 0.29) is 29.1 Å². The first kappa shape index (κ1) is 23.1. The minimum atomic E-state index is -1.21. The van der Waals surface area contributed by atoms with Crippen LogP contribution >= 0.6 is 0 Å². The largest absolute Gasteiger partial charge is 0.478 e. The van der Waals surface area contributed by atoms with Crippen molar-refractivity contribution in [3.8, 4) is 11.1 Å². The zero-order valence-electron chi connectivity index (χ0n) is 17.7. The highest BCUT2D eigenvalue weighted by molar-refractivity contribution is 6.06. The van der Waals surface area contributed by atoms with E-state index in [1.54, 1.807) is 31.2 Å². The minimum Gasteiger partial charge on any atom is -0.478 e. The molecule has 0 saturated carbocycles. The summed E-state index contributed by atoms with van der Waals surface area (Å²) in [7, 11) is 0. The number of carboxylic acid groups (broad SMARTS) is 1. The third kappa shape index (κ3) is 5.24. The van der Waals surface area contributed by atoms with Gasteiger partial charge in [-0.15, -0.1) is 0 Å². The Kier molecular flexibility index (Phi) is 7.34. The fraction of sp³-hybridized carbons (Fsp3) is 0.348. The van der Waals surface area contributed by atoms with Gasteiger partial charge in [0.15, 0.2) is 0 Å². The van der Waals surface area contributed by atoms with Crippen LogP contribution in [-0.2, 0) is 0 Å². The molecule has 0 saturated heterocycles. The van der Waals surface area contributed by atoms with Gasteiger partial charge in [0.1, 0.15) is 0 Å². The number of rotatable bonds is 7. The summed E-state index contributed by atoms with van der Waals surface area (Å²) >= 11 is 0. The first-order chi connectivity index (χ1) is 14.1. The third-order valence-electron chi connectivity index (χ3n) is 4.84. The molecule has 0 spiro atoms. The van der Waals surface area contributed by atoms with Gasteiger partial charge in [-0.05, 0) is 41.7 Å². The first-order valence-electron chi connectivity index (χ1n) is 9.76. The van der Waals surface area contributed by atoms with E-state index < -0.39 is 17.9 Å². The van der Waals surface area contributed by atoms with E-state index in [9.17, 15) is 24.6 Å². The van der Waals surface area contributed by atoms with Gasteiger partial charge in [-0.3, -0.25) is 9.59 Å². The highest BCUT2D eigenvalue weighted by atomic mass is 16.4. The second-order valence-electron chi connectivity index (χ2n) is 8.05. The second-order valence-corrected chi connectivity index (χ2v) is 8.05. The molecule has 0 aliphatic carbocycles. The lowest BCUT2D eigenvalue weighted by molar-refractivity contribution is 0.0697. The first-order valence-corrected chi connectivity index (χ1v) is 9.76. The molecule has 0 unspecified atom stereocenters. The van der Waals surface area contributed by atoms with Crippen molar-refractivity contribution in [2.45, 2.75) is 33.7 Å². The van der Waals surface area contributed by atoms with E-state index in [4.69, 9.17) is 0 Å². The van der Waals surface area contributed by atoms with Crippen LogP contribution in [0.15, 0.2) is 42.5 Å². The lowest BCUT2D eigenvalue weighted by atomic mass is 9.87. The third-order valence-corrected chi connectivity index (χ3v) is 4.84. The molecule has 0 aliphatic rings. The molecular weight excluding hydrogens is 384 g/mol. The van der Waals surface area contributed by atoms with Gasteiger partial charge >= 0.3 is 5.97 Å². The van der Waals surface area contributed by atoms with Gasteiger partial charge in [-0.1, -0.05) is 45.0 Å². The van der Waals surface area contributed by atoms with Crippen LogP contribution in [0.3, 0.4) is 0 Å². The predicted molar refractivity (Wildman–Crippen MR) is 115 cm³/mol. The molecule has 2 aromatic carbocycles. The number of carboxylic acids is 1. The van der Waals surface area contributed by atoms with E-state index in [1.807, 2.05) is 20.8 Å². The smallest absolute Gasteiger partial charge is 0.336 e. The van der Waals surface area contributed by atoms with Crippen LogP contribution in [0.1, 0.15) is 58.8 Å². The Morgan fingerprint density at radius 3 is 2.17 bits per heavy atom. The molecule has 2 rings (SSSR count). The van der Waals surface area contributed by atoms with E-state index in [1.165, 1.54) is 18.2 Å². The number of aliphatic hydroxyl groups is 1. The number of amides is 2. The normalized spacial score (nSPS) is 12.2. The van der Waals surface area contributed by atoms with Crippen molar-refractivity contribution in [1.29, 1.82) is 0 Å². The zero-order valence-corrected chi connectivity index (χ0v) is 17.7. The summed E-state index contributed by atoms with van der Waals surface area (Å²) in [6, 6.07) is 10.6. The summed E-state index contributed by atoms with van der Waals surface area (Å²) < 4.78 is 0. The van der Waals surface area contributed by atoms with Crippen LogP contribution in [-0.4, -0.2) is 47.2 Å². The molecule has 0 fully saturated rings. The molecule has 0 aromatic heterocycles. The molecule has 1 atom stereocenters. The highest BCUT2D eigenvalue weighted by Crippen LogP contribution is 2.29. The maximum Gasteiger partial charge on any atom is 0.336 e. The minimum absolute atomic E-state index is 0.0873. The number of benzene rings is 2. The van der Waals surface area contributed by atoms with E-state index in [2.05, 4.69) is 10.6 Å².